The van der Waals surface area contributed by atoms with Crippen molar-refractivity contribution in [1.82, 2.24) is 4.98 Å². The molecular weight excluding hydrogens is 254 g/mol. The summed E-state index contributed by atoms with van der Waals surface area (Å²) < 4.78 is 32.7. The first-order chi connectivity index (χ1) is 8.54. The second kappa shape index (κ2) is 4.08. The molecule has 0 saturated heterocycles. The zero-order chi connectivity index (χ0) is 12.8. The van der Waals surface area contributed by atoms with Gasteiger partial charge in [-0.3, -0.25) is 0 Å². The summed E-state index contributed by atoms with van der Waals surface area (Å²) >= 11 is 0. The first-order valence-corrected chi connectivity index (χ1v) is 7.45. The summed E-state index contributed by atoms with van der Waals surface area (Å²) in [5, 5.41) is 1.10. The molecule has 1 unspecified atom stereocenters. The molecule has 0 amide bonds. The average Bonchev–Trinajstić information content (AvgIpc) is 2.67. The third kappa shape index (κ3) is 2.03. The number of fused-ring (bicyclic) bond motifs is 3. The highest BCUT2D eigenvalue weighted by molar-refractivity contribution is 7.85. The van der Waals surface area contributed by atoms with Crippen molar-refractivity contribution in [2.24, 2.45) is 0 Å². The minimum Gasteiger partial charge on any atom is -0.354 e. The van der Waals surface area contributed by atoms with Gasteiger partial charge in [-0.25, -0.2) is 4.18 Å². The summed E-state index contributed by atoms with van der Waals surface area (Å²) in [5.41, 5.74) is 2.74. The van der Waals surface area contributed by atoms with Gasteiger partial charge in [0.2, 0.25) is 6.29 Å². The predicted molar refractivity (Wildman–Crippen MR) is 66.6 cm³/mol. The van der Waals surface area contributed by atoms with Gasteiger partial charge < -0.3 is 9.72 Å². The van der Waals surface area contributed by atoms with Gasteiger partial charge in [0.15, 0.2) is 0 Å². The first-order valence-electron chi connectivity index (χ1n) is 5.64. The van der Waals surface area contributed by atoms with Gasteiger partial charge in [-0.2, -0.15) is 8.42 Å². The number of benzene rings is 1. The van der Waals surface area contributed by atoms with Gasteiger partial charge >= 0.3 is 0 Å². The lowest BCUT2D eigenvalue weighted by Gasteiger charge is -2.22. The molecule has 18 heavy (non-hydrogen) atoms. The smallest absolute Gasteiger partial charge is 0.267 e. The number of nitrogens with one attached hydrogen (secondary N) is 1. The van der Waals surface area contributed by atoms with Crippen molar-refractivity contribution in [1.29, 1.82) is 0 Å². The summed E-state index contributed by atoms with van der Waals surface area (Å²) in [4.78, 5) is 3.17. The fourth-order valence-corrected chi connectivity index (χ4v) is 2.75. The van der Waals surface area contributed by atoms with Crippen LogP contribution in [0.2, 0.25) is 0 Å². The van der Waals surface area contributed by atoms with Crippen molar-refractivity contribution in [3.05, 3.63) is 35.5 Å². The van der Waals surface area contributed by atoms with Crippen molar-refractivity contribution < 1.29 is 17.3 Å². The molecule has 1 aliphatic rings. The van der Waals surface area contributed by atoms with Gasteiger partial charge in [0, 0.05) is 10.9 Å². The Morgan fingerprint density at radius 1 is 1.39 bits per heavy atom. The highest BCUT2D eigenvalue weighted by Gasteiger charge is 2.28. The highest BCUT2D eigenvalue weighted by Crippen LogP contribution is 2.33. The van der Waals surface area contributed by atoms with E-state index in [0.717, 1.165) is 29.1 Å². The van der Waals surface area contributed by atoms with E-state index >= 15 is 0 Å². The molecule has 0 saturated carbocycles. The molecule has 1 atom stereocenters. The molecule has 96 valence electrons. The maximum absolute atomic E-state index is 11.2. The predicted octanol–water partition coefficient (Wildman–Crippen LogP) is 1.72. The SMILES string of the molecule is CS(=O)(=O)OC1OCCc2c1[nH]c1ccccc21. The Kier molecular flexibility index (Phi) is 2.65. The van der Waals surface area contributed by atoms with E-state index in [1.165, 1.54) is 0 Å². The molecule has 0 bridgehead atoms. The van der Waals surface area contributed by atoms with E-state index in [4.69, 9.17) is 8.92 Å². The van der Waals surface area contributed by atoms with Gasteiger partial charge in [-0.15, -0.1) is 0 Å². The lowest BCUT2D eigenvalue weighted by molar-refractivity contribution is -0.0892. The van der Waals surface area contributed by atoms with E-state index in [1.54, 1.807) is 0 Å². The van der Waals surface area contributed by atoms with Crippen LogP contribution < -0.4 is 0 Å². The van der Waals surface area contributed by atoms with Crippen molar-refractivity contribution in [2.75, 3.05) is 12.9 Å². The van der Waals surface area contributed by atoms with Crippen LogP contribution >= 0.6 is 0 Å². The molecule has 1 aliphatic heterocycles. The molecule has 2 heterocycles. The lowest BCUT2D eigenvalue weighted by atomic mass is 10.1. The Bertz CT molecular complexity index is 689. The van der Waals surface area contributed by atoms with Crippen molar-refractivity contribution >= 4 is 21.0 Å². The van der Waals surface area contributed by atoms with Crippen LogP contribution in [-0.2, 0) is 25.5 Å². The minimum absolute atomic E-state index is 0.453. The normalized spacial score (nSPS) is 19.9. The van der Waals surface area contributed by atoms with Gasteiger partial charge in [-0.05, 0) is 18.1 Å². The zero-order valence-corrected chi connectivity index (χ0v) is 10.7. The van der Waals surface area contributed by atoms with Crippen LogP contribution in [-0.4, -0.2) is 26.3 Å². The van der Waals surface area contributed by atoms with Crippen LogP contribution in [0, 0.1) is 0 Å². The van der Waals surface area contributed by atoms with Crippen LogP contribution in [0.15, 0.2) is 24.3 Å². The summed E-state index contributed by atoms with van der Waals surface area (Å²) in [6.45, 7) is 0.453. The maximum atomic E-state index is 11.2. The zero-order valence-electron chi connectivity index (χ0n) is 9.84. The van der Waals surface area contributed by atoms with Crippen LogP contribution in [0.1, 0.15) is 17.5 Å². The summed E-state index contributed by atoms with van der Waals surface area (Å²) in [7, 11) is -3.55. The van der Waals surface area contributed by atoms with E-state index in [-0.39, 0.29) is 0 Å². The Hall–Kier alpha value is -1.37. The summed E-state index contributed by atoms with van der Waals surface area (Å²) in [6, 6.07) is 7.84. The standard InChI is InChI=1S/C12H13NO4S/c1-18(14,15)17-12-11-9(6-7-16-12)8-4-2-3-5-10(8)13-11/h2-5,12-13H,6-7H2,1H3. The molecule has 6 heteroatoms. The number of aromatic nitrogens is 1. The summed E-state index contributed by atoms with van der Waals surface area (Å²) in [6.07, 6.45) is 0.909. The number of rotatable bonds is 2. The second-order valence-electron chi connectivity index (χ2n) is 4.32. The highest BCUT2D eigenvalue weighted by atomic mass is 32.2. The van der Waals surface area contributed by atoms with Crippen molar-refractivity contribution in [3.8, 4) is 0 Å². The topological polar surface area (TPSA) is 68.4 Å². The summed E-state index contributed by atoms with van der Waals surface area (Å²) in [5.74, 6) is 0. The van der Waals surface area contributed by atoms with E-state index < -0.39 is 16.4 Å². The average molecular weight is 267 g/mol. The molecular formula is C12H13NO4S. The van der Waals surface area contributed by atoms with Gasteiger partial charge in [0.25, 0.3) is 10.1 Å². The maximum Gasteiger partial charge on any atom is 0.267 e. The fraction of sp³-hybridized carbons (Fsp3) is 0.333. The lowest BCUT2D eigenvalue weighted by Crippen LogP contribution is -2.20. The monoisotopic (exact) mass is 267 g/mol. The molecule has 0 spiro atoms. The number of H-pyrrole nitrogens is 1. The number of hydrogen-bond donors (Lipinski definition) is 1. The molecule has 0 radical (unpaired) electrons. The Labute approximate surface area is 105 Å². The number of hydrogen-bond acceptors (Lipinski definition) is 4. The number of para-hydroxylation sites is 1. The number of ether oxygens (including phenoxy) is 1. The van der Waals surface area contributed by atoms with E-state index in [0.29, 0.717) is 12.3 Å². The van der Waals surface area contributed by atoms with E-state index in [2.05, 4.69) is 4.98 Å². The van der Waals surface area contributed by atoms with Crippen LogP contribution in [0.5, 0.6) is 0 Å². The largest absolute Gasteiger partial charge is 0.354 e. The third-order valence-corrected chi connectivity index (χ3v) is 3.49. The molecule has 0 fully saturated rings. The Morgan fingerprint density at radius 3 is 2.94 bits per heavy atom. The van der Waals surface area contributed by atoms with E-state index in [9.17, 15) is 8.42 Å². The molecule has 3 rings (SSSR count). The van der Waals surface area contributed by atoms with Gasteiger partial charge in [0.1, 0.15) is 0 Å². The van der Waals surface area contributed by atoms with Crippen molar-refractivity contribution in [2.45, 2.75) is 12.7 Å². The Balaban J connectivity index is 2.10. The first kappa shape index (κ1) is 11.7. The Morgan fingerprint density at radius 2 is 2.17 bits per heavy atom. The second-order valence-corrected chi connectivity index (χ2v) is 5.92. The fourth-order valence-electron chi connectivity index (χ4n) is 2.28. The van der Waals surface area contributed by atoms with E-state index in [1.807, 2.05) is 24.3 Å². The van der Waals surface area contributed by atoms with Crippen LogP contribution in [0.25, 0.3) is 10.9 Å². The molecule has 1 aromatic carbocycles. The molecule has 1 aromatic heterocycles. The van der Waals surface area contributed by atoms with Crippen molar-refractivity contribution in [3.63, 3.8) is 0 Å². The molecule has 1 N–H and O–H groups in total. The van der Waals surface area contributed by atoms with Crippen LogP contribution in [0.4, 0.5) is 0 Å². The number of aromatic amines is 1. The molecule has 0 aliphatic carbocycles. The molecule has 5 nitrogen and oxygen atoms in total. The quantitative estimate of drug-likeness (QED) is 0.841. The third-order valence-electron chi connectivity index (χ3n) is 2.97. The van der Waals surface area contributed by atoms with Crippen LogP contribution in [0.3, 0.4) is 0 Å². The molecule has 2 aromatic rings. The van der Waals surface area contributed by atoms with Gasteiger partial charge in [0.05, 0.1) is 18.6 Å². The van der Waals surface area contributed by atoms with Gasteiger partial charge in [-0.1, -0.05) is 18.2 Å². The minimum atomic E-state index is -3.55.